The fourth-order valence-corrected chi connectivity index (χ4v) is 3.62. The Hall–Kier alpha value is -2.36. The molecule has 0 saturated carbocycles. The van der Waals surface area contributed by atoms with Crippen LogP contribution in [0.3, 0.4) is 0 Å². The van der Waals surface area contributed by atoms with Crippen molar-refractivity contribution in [3.05, 3.63) is 58.9 Å². The number of ether oxygens (including phenoxy) is 1. The molecule has 0 saturated heterocycles. The third-order valence-electron chi connectivity index (χ3n) is 4.03. The molecule has 0 spiro atoms. The minimum Gasteiger partial charge on any atom is -0.486 e. The van der Waals surface area contributed by atoms with E-state index in [2.05, 4.69) is 5.92 Å². The number of halogens is 1. The van der Waals surface area contributed by atoms with Gasteiger partial charge in [-0.25, -0.2) is 4.39 Å². The van der Waals surface area contributed by atoms with Crippen LogP contribution in [0.5, 0.6) is 5.75 Å². The molecule has 1 atom stereocenters. The maximum absolute atomic E-state index is 13.5. The van der Waals surface area contributed by atoms with Gasteiger partial charge in [-0.2, -0.15) is 8.42 Å². The van der Waals surface area contributed by atoms with E-state index in [4.69, 9.17) is 15.3 Å². The highest BCUT2D eigenvalue weighted by atomic mass is 32.2. The van der Waals surface area contributed by atoms with Gasteiger partial charge in [-0.05, 0) is 49.6 Å². The molecule has 2 aromatic rings. The Balaban J connectivity index is 1.71. The van der Waals surface area contributed by atoms with E-state index in [-0.39, 0.29) is 11.5 Å². The van der Waals surface area contributed by atoms with E-state index in [1.165, 1.54) is 24.3 Å². The number of terminal acetylenes is 1. The molecule has 25 heavy (non-hydrogen) atoms. The molecule has 1 aliphatic heterocycles. The normalized spacial score (nSPS) is 16.6. The molecule has 0 bridgehead atoms. The molecule has 6 heteroatoms. The molecular weight excluding hydrogens is 343 g/mol. The van der Waals surface area contributed by atoms with Gasteiger partial charge in [0.15, 0.2) is 0 Å². The highest BCUT2D eigenvalue weighted by Gasteiger charge is 2.25. The zero-order chi connectivity index (χ0) is 18.0. The van der Waals surface area contributed by atoms with Crippen LogP contribution in [0.2, 0.25) is 0 Å². The summed E-state index contributed by atoms with van der Waals surface area (Å²) in [6.45, 7) is 1.74. The molecule has 1 heterocycles. The molecule has 1 unspecified atom stereocenters. The average Bonchev–Trinajstić information content (AvgIpc) is 2.59. The topological polar surface area (TPSA) is 52.6 Å². The van der Waals surface area contributed by atoms with Crippen molar-refractivity contribution >= 4 is 10.1 Å². The second kappa shape index (κ2) is 6.87. The van der Waals surface area contributed by atoms with Crippen LogP contribution in [0.15, 0.2) is 41.3 Å². The Kier molecular flexibility index (Phi) is 4.80. The Morgan fingerprint density at radius 2 is 2.04 bits per heavy atom. The molecule has 0 radical (unpaired) electrons. The first-order valence-electron chi connectivity index (χ1n) is 7.81. The Morgan fingerprint density at radius 3 is 2.72 bits per heavy atom. The van der Waals surface area contributed by atoms with Crippen molar-refractivity contribution in [1.29, 1.82) is 0 Å². The van der Waals surface area contributed by atoms with Gasteiger partial charge >= 0.3 is 0 Å². The summed E-state index contributed by atoms with van der Waals surface area (Å²) in [6.07, 6.45) is 5.99. The van der Waals surface area contributed by atoms with Crippen LogP contribution in [-0.2, 0) is 20.7 Å². The zero-order valence-corrected chi connectivity index (χ0v) is 14.5. The minimum absolute atomic E-state index is 0.0979. The molecule has 1 aliphatic rings. The summed E-state index contributed by atoms with van der Waals surface area (Å²) in [5.74, 6) is 2.41. The zero-order valence-electron chi connectivity index (χ0n) is 13.7. The lowest BCUT2D eigenvalue weighted by Gasteiger charge is -2.26. The lowest BCUT2D eigenvalue weighted by Crippen LogP contribution is -2.29. The van der Waals surface area contributed by atoms with Gasteiger partial charge in [-0.15, -0.1) is 6.42 Å². The molecule has 130 valence electrons. The van der Waals surface area contributed by atoms with Crippen molar-refractivity contribution < 1.29 is 21.7 Å². The minimum atomic E-state index is -3.86. The molecule has 0 amide bonds. The molecule has 0 aliphatic carbocycles. The molecule has 3 rings (SSSR count). The van der Waals surface area contributed by atoms with Gasteiger partial charge in [0.25, 0.3) is 10.1 Å². The predicted molar refractivity (Wildman–Crippen MR) is 91.4 cm³/mol. The first kappa shape index (κ1) is 17.5. The predicted octanol–water partition coefficient (Wildman–Crippen LogP) is 3.21. The van der Waals surface area contributed by atoms with Crippen molar-refractivity contribution in [2.45, 2.75) is 30.8 Å². The second-order valence-corrected chi connectivity index (χ2v) is 7.53. The Morgan fingerprint density at radius 1 is 1.32 bits per heavy atom. The standard InChI is InChI=1S/C19H17FO4S/c1-3-14-10-16(20)11-15-6-7-17(24-19(14)15)12-23-25(21,22)18-8-4-13(2)5-9-18/h1,4-5,8-11,17H,6-7,12H2,2H3. The van der Waals surface area contributed by atoms with Crippen LogP contribution in [0.25, 0.3) is 0 Å². The third kappa shape index (κ3) is 3.84. The summed E-state index contributed by atoms with van der Waals surface area (Å²) < 4.78 is 48.9. The summed E-state index contributed by atoms with van der Waals surface area (Å²) in [7, 11) is -3.86. The smallest absolute Gasteiger partial charge is 0.297 e. The fraction of sp³-hybridized carbons (Fsp3) is 0.263. The van der Waals surface area contributed by atoms with E-state index < -0.39 is 22.0 Å². The molecule has 0 N–H and O–H groups in total. The van der Waals surface area contributed by atoms with Gasteiger partial charge in [-0.1, -0.05) is 23.6 Å². The van der Waals surface area contributed by atoms with Crippen LogP contribution in [0.1, 0.15) is 23.1 Å². The van der Waals surface area contributed by atoms with Crippen molar-refractivity contribution in [2.24, 2.45) is 0 Å². The molecule has 0 fully saturated rings. The van der Waals surface area contributed by atoms with Gasteiger partial charge in [0.05, 0.1) is 10.5 Å². The van der Waals surface area contributed by atoms with E-state index in [0.29, 0.717) is 29.7 Å². The van der Waals surface area contributed by atoms with Gasteiger partial charge in [0.1, 0.15) is 24.3 Å². The summed E-state index contributed by atoms with van der Waals surface area (Å²) in [5.41, 5.74) is 1.96. The monoisotopic (exact) mass is 360 g/mol. The first-order chi connectivity index (χ1) is 11.9. The van der Waals surface area contributed by atoms with E-state index >= 15 is 0 Å². The lowest BCUT2D eigenvalue weighted by atomic mass is 9.99. The Bertz CT molecular complexity index is 927. The third-order valence-corrected chi connectivity index (χ3v) is 5.32. The number of benzene rings is 2. The van der Waals surface area contributed by atoms with E-state index in [1.807, 2.05) is 6.92 Å². The highest BCUT2D eigenvalue weighted by Crippen LogP contribution is 2.32. The maximum atomic E-state index is 13.5. The van der Waals surface area contributed by atoms with Crippen LogP contribution in [0.4, 0.5) is 4.39 Å². The molecule has 0 aromatic heterocycles. The van der Waals surface area contributed by atoms with E-state index in [9.17, 15) is 12.8 Å². The molecule has 2 aromatic carbocycles. The Labute approximate surface area is 146 Å². The van der Waals surface area contributed by atoms with Crippen LogP contribution < -0.4 is 4.74 Å². The number of fused-ring (bicyclic) bond motifs is 1. The van der Waals surface area contributed by atoms with Crippen molar-refractivity contribution in [2.75, 3.05) is 6.61 Å². The van der Waals surface area contributed by atoms with Gasteiger partial charge in [-0.3, -0.25) is 4.18 Å². The van der Waals surface area contributed by atoms with Crippen LogP contribution in [0, 0.1) is 25.1 Å². The van der Waals surface area contributed by atoms with Gasteiger partial charge < -0.3 is 4.74 Å². The first-order valence-corrected chi connectivity index (χ1v) is 9.21. The molecular formula is C19H17FO4S. The summed E-state index contributed by atoms with van der Waals surface area (Å²) in [6, 6.07) is 9.03. The summed E-state index contributed by atoms with van der Waals surface area (Å²) in [4.78, 5) is 0.0979. The summed E-state index contributed by atoms with van der Waals surface area (Å²) >= 11 is 0. The average molecular weight is 360 g/mol. The fourth-order valence-electron chi connectivity index (χ4n) is 2.68. The van der Waals surface area contributed by atoms with Crippen molar-refractivity contribution in [3.63, 3.8) is 0 Å². The van der Waals surface area contributed by atoms with Crippen LogP contribution >= 0.6 is 0 Å². The number of hydrogen-bond acceptors (Lipinski definition) is 4. The SMILES string of the molecule is C#Cc1cc(F)cc2c1OC(COS(=O)(=O)c1ccc(C)cc1)CC2. The van der Waals surface area contributed by atoms with E-state index in [1.54, 1.807) is 12.1 Å². The second-order valence-electron chi connectivity index (χ2n) is 5.92. The summed E-state index contributed by atoms with van der Waals surface area (Å²) in [5, 5.41) is 0. The number of aryl methyl sites for hydroxylation is 2. The van der Waals surface area contributed by atoms with Crippen molar-refractivity contribution in [1.82, 2.24) is 0 Å². The number of hydrogen-bond donors (Lipinski definition) is 0. The maximum Gasteiger partial charge on any atom is 0.297 e. The quantitative estimate of drug-likeness (QED) is 0.621. The largest absolute Gasteiger partial charge is 0.486 e. The van der Waals surface area contributed by atoms with E-state index in [0.717, 1.165) is 5.56 Å². The van der Waals surface area contributed by atoms with Gasteiger partial charge in [0.2, 0.25) is 0 Å². The number of rotatable bonds is 4. The van der Waals surface area contributed by atoms with Crippen molar-refractivity contribution in [3.8, 4) is 18.1 Å². The van der Waals surface area contributed by atoms with Crippen LogP contribution in [-0.4, -0.2) is 21.1 Å². The highest BCUT2D eigenvalue weighted by molar-refractivity contribution is 7.86. The van der Waals surface area contributed by atoms with Gasteiger partial charge in [0, 0.05) is 0 Å². The lowest BCUT2D eigenvalue weighted by molar-refractivity contribution is 0.112. The molecule has 4 nitrogen and oxygen atoms in total.